The van der Waals surface area contributed by atoms with Gasteiger partial charge in [-0.25, -0.2) is 4.39 Å². The van der Waals surface area contributed by atoms with E-state index in [9.17, 15) is 35.2 Å². The van der Waals surface area contributed by atoms with Crippen LogP contribution in [-0.4, -0.2) is 40.2 Å². The van der Waals surface area contributed by atoms with Gasteiger partial charge in [-0.3, -0.25) is 0 Å². The van der Waals surface area contributed by atoms with Crippen LogP contribution in [0.3, 0.4) is 0 Å². The van der Waals surface area contributed by atoms with Gasteiger partial charge in [-0.15, -0.1) is 0 Å². The van der Waals surface area contributed by atoms with Crippen molar-refractivity contribution in [3.63, 3.8) is 0 Å². The van der Waals surface area contributed by atoms with Gasteiger partial charge in [0.25, 0.3) is 0 Å². The van der Waals surface area contributed by atoms with Crippen LogP contribution in [0.4, 0.5) is 22.0 Å². The van der Waals surface area contributed by atoms with Crippen molar-refractivity contribution in [2.75, 3.05) is 6.26 Å². The molecule has 0 fully saturated rings. The molecule has 1 aromatic heterocycles. The summed E-state index contributed by atoms with van der Waals surface area (Å²) in [4.78, 5) is 15.8. The van der Waals surface area contributed by atoms with E-state index in [0.29, 0.717) is 6.07 Å². The van der Waals surface area contributed by atoms with Crippen LogP contribution >= 0.6 is 0 Å². The number of hydrogen-bond donors (Lipinski definition) is 1. The molecule has 6 nitrogen and oxygen atoms in total. The number of carbonyl (C=O) groups excluding carboxylic acids is 1. The van der Waals surface area contributed by atoms with Gasteiger partial charge in [-0.05, 0) is 24.3 Å². The molecule has 1 amide bonds. The van der Waals surface area contributed by atoms with Gasteiger partial charge in [0.15, 0.2) is 0 Å². The molecular weight excluding hydrogens is 594 g/mol. The summed E-state index contributed by atoms with van der Waals surface area (Å²) < 4.78 is 95.6. The number of halogens is 5. The van der Waals surface area contributed by atoms with Crippen molar-refractivity contribution in [1.82, 2.24) is 10.3 Å². The van der Waals surface area contributed by atoms with Gasteiger partial charge in [0.1, 0.15) is 17.3 Å². The van der Waals surface area contributed by atoms with Crippen LogP contribution in [0.2, 0.25) is 0 Å². The molecule has 1 unspecified atom stereocenters. The average molecular weight is 612 g/mol. The first-order valence-electron chi connectivity index (χ1n) is 10.5. The monoisotopic (exact) mass is 612 g/mol. The van der Waals surface area contributed by atoms with Crippen LogP contribution in [0.25, 0.3) is 6.08 Å². The van der Waals surface area contributed by atoms with Gasteiger partial charge in [-0.2, -0.15) is 13.2 Å². The van der Waals surface area contributed by atoms with E-state index in [1.54, 1.807) is 0 Å². The molecule has 1 atom stereocenters. The van der Waals surface area contributed by atoms with Crippen LogP contribution in [0.15, 0.2) is 54.6 Å². The van der Waals surface area contributed by atoms with Crippen LogP contribution in [0.1, 0.15) is 22.4 Å². The topological polar surface area (TPSA) is 85.4 Å². The number of benzene rings is 2. The third-order valence-electron chi connectivity index (χ3n) is 4.68. The molecule has 0 aliphatic rings. The number of rotatable bonds is 8. The Morgan fingerprint density at radius 2 is 1.84 bits per heavy atom. The number of nitrogens with one attached hydrogen (secondary N) is 1. The van der Waals surface area contributed by atoms with Gasteiger partial charge in [0.05, 0.1) is 0 Å². The van der Waals surface area contributed by atoms with Gasteiger partial charge in [-0.1, -0.05) is 0 Å². The first-order chi connectivity index (χ1) is 17.7. The van der Waals surface area contributed by atoms with E-state index in [1.807, 2.05) is 0 Å². The Morgan fingerprint density at radius 3 is 2.45 bits per heavy atom. The number of pyridine rings is 1. The molecule has 13 heteroatoms. The molecule has 2 aromatic carbocycles. The molecule has 0 aliphatic heterocycles. The molecule has 38 heavy (non-hydrogen) atoms. The molecule has 0 bridgehead atoms. The van der Waals surface area contributed by atoms with Crippen molar-refractivity contribution in [1.29, 1.82) is 0 Å². The maximum atomic E-state index is 14.5. The number of hydrogen-bond acceptors (Lipinski definition) is 5. The normalized spacial score (nSPS) is 12.1. The Hall–Kier alpha value is -3.68. The number of amides is 1. The summed E-state index contributed by atoms with van der Waals surface area (Å²) in [5, 5.41) is 2.47. The quantitative estimate of drug-likeness (QED) is 0.182. The van der Waals surface area contributed by atoms with Crippen molar-refractivity contribution in [3.05, 3.63) is 88.6 Å². The molecule has 1 heterocycles. The Balaban J connectivity index is 1.78. The molecule has 0 saturated carbocycles. The Labute approximate surface area is 220 Å². The number of aromatic nitrogens is 1. The van der Waals surface area contributed by atoms with Crippen LogP contribution in [0, 0.1) is 24.0 Å². The van der Waals surface area contributed by atoms with Crippen molar-refractivity contribution in [2.45, 2.75) is 12.7 Å². The fourth-order valence-electron chi connectivity index (χ4n) is 3.01. The fraction of sp³-hybridized carbons (Fsp3) is 0.120. The minimum absolute atomic E-state index is 0.0192. The molecule has 0 spiro atoms. The van der Waals surface area contributed by atoms with E-state index >= 15 is 0 Å². The van der Waals surface area contributed by atoms with Crippen molar-refractivity contribution < 1.29 is 39.9 Å². The summed E-state index contributed by atoms with van der Waals surface area (Å²) in [6, 6.07) is 8.73. The first-order valence-corrected chi connectivity index (χ1v) is 16.0. The fourth-order valence-corrected chi connectivity index (χ4v) is 7.69. The van der Waals surface area contributed by atoms with Gasteiger partial charge >= 0.3 is 162 Å². The molecule has 0 saturated heterocycles. The third-order valence-corrected chi connectivity index (χ3v) is 9.94. The predicted octanol–water partition coefficient (Wildman–Crippen LogP) is 3.50. The molecule has 3 aromatic rings. The molecule has 0 aliphatic carbocycles. The van der Waals surface area contributed by atoms with E-state index in [2.05, 4.69) is 16.2 Å². The zero-order valence-electron chi connectivity index (χ0n) is 19.4. The summed E-state index contributed by atoms with van der Waals surface area (Å²) >= 11 is -1.87. The predicted molar refractivity (Wildman–Crippen MR) is 133 cm³/mol. The zero-order valence-corrected chi connectivity index (χ0v) is 22.4. The molecular formula is C25H18AsF5N2O4S. The van der Waals surface area contributed by atoms with E-state index in [-0.39, 0.29) is 33.3 Å². The van der Waals surface area contributed by atoms with Crippen molar-refractivity contribution in [3.8, 4) is 24.0 Å². The summed E-state index contributed by atoms with van der Waals surface area (Å²) in [5.74, 6) is -0.246. The maximum absolute atomic E-state index is 14.5. The number of ether oxygens (including phenoxy) is 1. The molecule has 0 radical (unpaired) electrons. The van der Waals surface area contributed by atoms with Gasteiger partial charge in [0.2, 0.25) is 0 Å². The Morgan fingerprint density at radius 1 is 1.16 bits per heavy atom. The van der Waals surface area contributed by atoms with E-state index in [4.69, 9.17) is 11.2 Å². The molecule has 3 rings (SSSR count). The number of terminal acetylenes is 1. The zero-order chi connectivity index (χ0) is 28.1. The van der Waals surface area contributed by atoms with Crippen LogP contribution in [0.5, 0.6) is 11.6 Å². The standard InChI is InChI=1S/C25H18AsF5N2O4S/c1-3-16-12-15(13-20(28)23(16)26-38(2,35)36)14-32-22(34)11-5-17-4-10-21(25(29,30)31)33-24(17)37-19-8-6-18(27)7-9-19/h1,4-13,26H,14H2,2H3,(H,32,34)/b11-5-. The van der Waals surface area contributed by atoms with Crippen LogP contribution in [-0.2, 0) is 25.6 Å². The third kappa shape index (κ3) is 8.16. The number of nitrogens with zero attached hydrogens (tertiary/aromatic N) is 1. The molecule has 198 valence electrons. The van der Waals surface area contributed by atoms with Crippen LogP contribution < -0.4 is 14.4 Å². The first kappa shape index (κ1) is 28.9. The number of carbonyl (C=O) groups is 1. The SMILES string of the molecule is C#Cc1cc(CNC(=O)/C=C\c2ccc(C(F)(F)F)nc2Oc2ccc(F)cc2)cc(F)c1[AsH]S(C)(=O)=O. The van der Waals surface area contributed by atoms with Crippen molar-refractivity contribution in [2.24, 2.45) is 0 Å². The second-order valence-electron chi connectivity index (χ2n) is 7.71. The van der Waals surface area contributed by atoms with Gasteiger partial charge < -0.3 is 0 Å². The Kier molecular flexibility index (Phi) is 8.96. The minimum atomic E-state index is -4.76. The van der Waals surface area contributed by atoms with E-state index in [0.717, 1.165) is 42.7 Å². The molecule has 1 N–H and O–H groups in total. The van der Waals surface area contributed by atoms with E-state index in [1.165, 1.54) is 18.2 Å². The second kappa shape index (κ2) is 11.8. The Bertz CT molecular complexity index is 1530. The average Bonchev–Trinajstić information content (AvgIpc) is 2.83. The second-order valence-corrected chi connectivity index (χ2v) is 16.5. The van der Waals surface area contributed by atoms with Gasteiger partial charge in [0, 0.05) is 0 Å². The summed E-state index contributed by atoms with van der Waals surface area (Å²) in [5.41, 5.74) is -0.858. The summed E-state index contributed by atoms with van der Waals surface area (Å²) in [6.45, 7) is -0.169. The number of alkyl halides is 3. The van der Waals surface area contributed by atoms with E-state index < -0.39 is 58.0 Å². The summed E-state index contributed by atoms with van der Waals surface area (Å²) in [7, 11) is -3.42. The summed E-state index contributed by atoms with van der Waals surface area (Å²) in [6.07, 6.45) is 3.80. The van der Waals surface area contributed by atoms with Crippen molar-refractivity contribution >= 4 is 39.0 Å².